The molecule has 1 heterocycles. The third-order valence-electron chi connectivity index (χ3n) is 5.28. The minimum Gasteiger partial charge on any atom is -0.489 e. The molecule has 2 aromatic rings. The molecule has 2 aromatic carbocycles. The number of aliphatic hydroxyl groups is 2. The Morgan fingerprint density at radius 2 is 1.82 bits per heavy atom. The van der Waals surface area contributed by atoms with Gasteiger partial charge in [0.05, 0.1) is 11.1 Å². The van der Waals surface area contributed by atoms with E-state index in [9.17, 15) is 14.6 Å². The second-order valence-electron chi connectivity index (χ2n) is 7.53. The van der Waals surface area contributed by atoms with E-state index >= 15 is 0 Å². The molecular weight excluding hydrogens is 381 g/mol. The van der Waals surface area contributed by atoms with Crippen LogP contribution in [0, 0.1) is 18.7 Å². The molecule has 1 saturated heterocycles. The first kappa shape index (κ1) is 21.1. The molecule has 28 heavy (non-hydrogen) atoms. The van der Waals surface area contributed by atoms with Gasteiger partial charge in [-0.25, -0.2) is 4.39 Å². The topological polar surface area (TPSA) is 52.9 Å². The van der Waals surface area contributed by atoms with E-state index in [4.69, 9.17) is 16.3 Å². The SMILES string of the molecule is Cc1ccc(OCC(O)CN2CCC(C(O)c3ccc(F)cc3)CC2)c(Cl)c1. The third-order valence-corrected chi connectivity index (χ3v) is 5.57. The summed E-state index contributed by atoms with van der Waals surface area (Å²) in [5, 5.41) is 21.4. The van der Waals surface area contributed by atoms with Crippen molar-refractivity contribution in [3.05, 3.63) is 64.4 Å². The van der Waals surface area contributed by atoms with Gasteiger partial charge in [-0.15, -0.1) is 0 Å². The van der Waals surface area contributed by atoms with Crippen LogP contribution in [0.4, 0.5) is 4.39 Å². The van der Waals surface area contributed by atoms with Gasteiger partial charge in [0.15, 0.2) is 0 Å². The average Bonchev–Trinajstić information content (AvgIpc) is 2.68. The zero-order chi connectivity index (χ0) is 20.1. The Morgan fingerprint density at radius 1 is 1.14 bits per heavy atom. The van der Waals surface area contributed by atoms with E-state index in [0.29, 0.717) is 17.3 Å². The predicted octanol–water partition coefficient (Wildman–Crippen LogP) is 3.97. The van der Waals surface area contributed by atoms with Crippen molar-refractivity contribution in [3.63, 3.8) is 0 Å². The quantitative estimate of drug-likeness (QED) is 0.729. The molecule has 3 rings (SSSR count). The number of β-amino-alcohol motifs (C(OH)–C–C–N with tert-alkyl or cyclic N) is 1. The molecular formula is C22H27ClFNO3. The van der Waals surface area contributed by atoms with Crippen LogP contribution < -0.4 is 4.74 Å². The number of aliphatic hydroxyl groups excluding tert-OH is 2. The molecule has 0 aromatic heterocycles. The summed E-state index contributed by atoms with van der Waals surface area (Å²) in [7, 11) is 0. The maximum absolute atomic E-state index is 13.0. The summed E-state index contributed by atoms with van der Waals surface area (Å²) in [6.45, 7) is 4.25. The Balaban J connectivity index is 1.42. The largest absolute Gasteiger partial charge is 0.489 e. The molecule has 0 aliphatic carbocycles. The monoisotopic (exact) mass is 407 g/mol. The molecule has 0 saturated carbocycles. The molecule has 1 aliphatic heterocycles. The van der Waals surface area contributed by atoms with Crippen molar-refractivity contribution in [2.75, 3.05) is 26.2 Å². The molecule has 0 bridgehead atoms. The van der Waals surface area contributed by atoms with Gasteiger partial charge in [0.2, 0.25) is 0 Å². The summed E-state index contributed by atoms with van der Waals surface area (Å²) >= 11 is 6.15. The number of ether oxygens (including phenoxy) is 1. The molecule has 6 heteroatoms. The Morgan fingerprint density at radius 3 is 2.46 bits per heavy atom. The van der Waals surface area contributed by atoms with Crippen LogP contribution in [0.25, 0.3) is 0 Å². The van der Waals surface area contributed by atoms with Gasteiger partial charge in [0.1, 0.15) is 24.3 Å². The minimum absolute atomic E-state index is 0.140. The predicted molar refractivity (Wildman–Crippen MR) is 108 cm³/mol. The van der Waals surface area contributed by atoms with E-state index in [0.717, 1.165) is 37.1 Å². The first-order valence-electron chi connectivity index (χ1n) is 9.65. The van der Waals surface area contributed by atoms with Crippen molar-refractivity contribution in [2.24, 2.45) is 5.92 Å². The van der Waals surface area contributed by atoms with E-state index in [1.54, 1.807) is 12.1 Å². The highest BCUT2D eigenvalue weighted by atomic mass is 35.5. The fourth-order valence-electron chi connectivity index (χ4n) is 3.64. The van der Waals surface area contributed by atoms with Crippen LogP contribution in [0.3, 0.4) is 0 Å². The summed E-state index contributed by atoms with van der Waals surface area (Å²) in [6.07, 6.45) is 0.460. The Labute approximate surface area is 170 Å². The van der Waals surface area contributed by atoms with E-state index < -0.39 is 12.2 Å². The number of hydrogen-bond donors (Lipinski definition) is 2. The van der Waals surface area contributed by atoms with Gasteiger partial charge in [-0.1, -0.05) is 29.8 Å². The number of likely N-dealkylation sites (tertiary alicyclic amines) is 1. The molecule has 2 atom stereocenters. The van der Waals surface area contributed by atoms with Crippen molar-refractivity contribution in [2.45, 2.75) is 32.0 Å². The fraction of sp³-hybridized carbons (Fsp3) is 0.455. The maximum atomic E-state index is 13.0. The van der Waals surface area contributed by atoms with E-state index in [-0.39, 0.29) is 18.3 Å². The Kier molecular flexibility index (Phi) is 7.30. The summed E-state index contributed by atoms with van der Waals surface area (Å²) in [5.41, 5.74) is 1.81. The van der Waals surface area contributed by atoms with Gasteiger partial charge >= 0.3 is 0 Å². The summed E-state index contributed by atoms with van der Waals surface area (Å²) in [5.74, 6) is 0.419. The van der Waals surface area contributed by atoms with Crippen molar-refractivity contribution >= 4 is 11.6 Å². The van der Waals surface area contributed by atoms with Crippen LogP contribution in [0.1, 0.15) is 30.1 Å². The molecule has 2 unspecified atom stereocenters. The molecule has 152 valence electrons. The van der Waals surface area contributed by atoms with Gasteiger partial charge in [0, 0.05) is 6.54 Å². The molecule has 1 aliphatic rings. The minimum atomic E-state index is -0.615. The molecule has 0 spiro atoms. The summed E-state index contributed by atoms with van der Waals surface area (Å²) in [4.78, 5) is 2.18. The van der Waals surface area contributed by atoms with Crippen molar-refractivity contribution in [1.82, 2.24) is 4.90 Å². The second-order valence-corrected chi connectivity index (χ2v) is 7.94. The fourth-order valence-corrected chi connectivity index (χ4v) is 3.93. The van der Waals surface area contributed by atoms with Crippen LogP contribution in [0.15, 0.2) is 42.5 Å². The molecule has 0 amide bonds. The maximum Gasteiger partial charge on any atom is 0.138 e. The Hall–Kier alpha value is -1.66. The lowest BCUT2D eigenvalue weighted by Gasteiger charge is -2.35. The van der Waals surface area contributed by atoms with Crippen LogP contribution in [0.5, 0.6) is 5.75 Å². The summed E-state index contributed by atoms with van der Waals surface area (Å²) in [6, 6.07) is 11.6. The highest BCUT2D eigenvalue weighted by Gasteiger charge is 2.27. The van der Waals surface area contributed by atoms with Crippen molar-refractivity contribution < 1.29 is 19.3 Å². The van der Waals surface area contributed by atoms with Crippen molar-refractivity contribution in [3.8, 4) is 5.75 Å². The van der Waals surface area contributed by atoms with E-state index in [1.165, 1.54) is 12.1 Å². The molecule has 0 radical (unpaired) electrons. The molecule has 4 nitrogen and oxygen atoms in total. The number of rotatable bonds is 7. The van der Waals surface area contributed by atoms with Gasteiger partial charge in [-0.2, -0.15) is 0 Å². The van der Waals surface area contributed by atoms with Crippen LogP contribution in [-0.2, 0) is 0 Å². The molecule has 1 fully saturated rings. The van der Waals surface area contributed by atoms with Crippen LogP contribution in [0.2, 0.25) is 5.02 Å². The zero-order valence-electron chi connectivity index (χ0n) is 16.0. The second kappa shape index (κ2) is 9.70. The van der Waals surface area contributed by atoms with E-state index in [1.807, 2.05) is 25.1 Å². The van der Waals surface area contributed by atoms with Crippen LogP contribution >= 0.6 is 11.6 Å². The number of benzene rings is 2. The number of aryl methyl sites for hydroxylation is 1. The number of nitrogens with zero attached hydrogens (tertiary/aromatic N) is 1. The Bertz CT molecular complexity index is 763. The highest BCUT2D eigenvalue weighted by Crippen LogP contribution is 2.31. The van der Waals surface area contributed by atoms with Gasteiger partial charge in [0.25, 0.3) is 0 Å². The third kappa shape index (κ3) is 5.67. The number of piperidine rings is 1. The lowest BCUT2D eigenvalue weighted by Crippen LogP contribution is -2.41. The smallest absolute Gasteiger partial charge is 0.138 e. The standard InChI is InChI=1S/C22H27ClFNO3/c1-15-2-7-21(20(23)12-15)28-14-19(26)13-25-10-8-17(9-11-25)22(27)16-3-5-18(24)6-4-16/h2-7,12,17,19,22,26-27H,8-11,13-14H2,1H3. The van der Waals surface area contributed by atoms with Gasteiger partial charge in [-0.05, 0) is 74.2 Å². The number of halogens is 2. The zero-order valence-corrected chi connectivity index (χ0v) is 16.8. The first-order chi connectivity index (χ1) is 13.4. The molecule has 2 N–H and O–H groups in total. The number of hydrogen-bond acceptors (Lipinski definition) is 4. The lowest BCUT2D eigenvalue weighted by atomic mass is 9.87. The van der Waals surface area contributed by atoms with Crippen LogP contribution in [-0.4, -0.2) is 47.5 Å². The van der Waals surface area contributed by atoms with Crippen molar-refractivity contribution in [1.29, 1.82) is 0 Å². The summed E-state index contributed by atoms with van der Waals surface area (Å²) < 4.78 is 18.7. The average molecular weight is 408 g/mol. The highest BCUT2D eigenvalue weighted by molar-refractivity contribution is 6.32. The van der Waals surface area contributed by atoms with E-state index in [2.05, 4.69) is 4.90 Å². The van der Waals surface area contributed by atoms with Gasteiger partial charge < -0.3 is 19.8 Å². The first-order valence-corrected chi connectivity index (χ1v) is 10.0. The lowest BCUT2D eigenvalue weighted by molar-refractivity contribution is 0.0278. The van der Waals surface area contributed by atoms with Gasteiger partial charge in [-0.3, -0.25) is 0 Å². The normalized spacial score (nSPS) is 18.0.